The van der Waals surface area contributed by atoms with Gasteiger partial charge in [0.15, 0.2) is 5.16 Å². The molecule has 9 nitrogen and oxygen atoms in total. The summed E-state index contributed by atoms with van der Waals surface area (Å²) in [6, 6.07) is 19.2. The van der Waals surface area contributed by atoms with Gasteiger partial charge in [-0.1, -0.05) is 30.0 Å². The zero-order chi connectivity index (χ0) is 24.6. The molecule has 0 aliphatic rings. The van der Waals surface area contributed by atoms with E-state index in [1.54, 1.807) is 53.2 Å². The zero-order valence-electron chi connectivity index (χ0n) is 18.9. The molecule has 4 aromatic rings. The predicted octanol–water partition coefficient (Wildman–Crippen LogP) is 2.60. The number of rotatable bonds is 8. The minimum absolute atomic E-state index is 0.0444. The number of hydrazine groups is 1. The highest BCUT2D eigenvalue weighted by Crippen LogP contribution is 2.18. The monoisotopic (exact) mass is 489 g/mol. The maximum atomic E-state index is 13.2. The number of para-hydroxylation sites is 1. The Hall–Kier alpha value is -4.18. The molecule has 0 saturated carbocycles. The number of hydrogen-bond acceptors (Lipinski definition) is 7. The van der Waals surface area contributed by atoms with Crippen LogP contribution in [0.15, 0.2) is 82.9 Å². The second-order valence-electron chi connectivity index (χ2n) is 7.46. The third kappa shape index (κ3) is 6.04. The summed E-state index contributed by atoms with van der Waals surface area (Å²) in [6.45, 7) is 0.367. The van der Waals surface area contributed by atoms with Crippen LogP contribution < -0.4 is 21.1 Å². The molecule has 0 spiro atoms. The molecule has 2 amide bonds. The fourth-order valence-electron chi connectivity index (χ4n) is 3.33. The van der Waals surface area contributed by atoms with Crippen molar-refractivity contribution < 1.29 is 14.3 Å². The molecule has 2 aromatic heterocycles. The van der Waals surface area contributed by atoms with Gasteiger partial charge < -0.3 is 4.74 Å². The maximum Gasteiger partial charge on any atom is 0.269 e. The minimum Gasteiger partial charge on any atom is -0.497 e. The molecule has 0 atom stereocenters. The van der Waals surface area contributed by atoms with Crippen LogP contribution in [0.3, 0.4) is 0 Å². The molecule has 35 heavy (non-hydrogen) atoms. The van der Waals surface area contributed by atoms with E-state index < -0.39 is 11.8 Å². The van der Waals surface area contributed by atoms with E-state index in [1.807, 2.05) is 24.3 Å². The molecule has 0 saturated heterocycles. The van der Waals surface area contributed by atoms with E-state index in [1.165, 1.54) is 7.11 Å². The number of fused-ring (bicyclic) bond motifs is 1. The van der Waals surface area contributed by atoms with Crippen molar-refractivity contribution in [2.24, 2.45) is 0 Å². The molecule has 0 aliphatic heterocycles. The summed E-state index contributed by atoms with van der Waals surface area (Å²) in [5.41, 5.74) is 6.38. The van der Waals surface area contributed by atoms with E-state index in [2.05, 4.69) is 20.8 Å². The number of aryl methyl sites for hydroxylation is 1. The van der Waals surface area contributed by atoms with Crippen LogP contribution in [-0.4, -0.2) is 39.2 Å². The smallest absolute Gasteiger partial charge is 0.269 e. The van der Waals surface area contributed by atoms with E-state index in [0.29, 0.717) is 40.3 Å². The second kappa shape index (κ2) is 11.3. The Morgan fingerprint density at radius 1 is 1.00 bits per heavy atom. The minimum atomic E-state index is -0.456. The quantitative estimate of drug-likeness (QED) is 0.222. The predicted molar refractivity (Wildman–Crippen MR) is 133 cm³/mol. The average molecular weight is 490 g/mol. The van der Waals surface area contributed by atoms with Crippen molar-refractivity contribution in [2.45, 2.75) is 18.1 Å². The lowest BCUT2D eigenvalue weighted by Gasteiger charge is -2.13. The Kier molecular flexibility index (Phi) is 7.74. The first-order valence-electron chi connectivity index (χ1n) is 10.8. The summed E-state index contributed by atoms with van der Waals surface area (Å²) < 4.78 is 6.63. The van der Waals surface area contributed by atoms with Crippen LogP contribution in [0.2, 0.25) is 0 Å². The van der Waals surface area contributed by atoms with Crippen molar-refractivity contribution in [3.05, 3.63) is 94.5 Å². The summed E-state index contributed by atoms with van der Waals surface area (Å²) in [7, 11) is 1.54. The lowest BCUT2D eigenvalue weighted by atomic mass is 10.2. The van der Waals surface area contributed by atoms with Crippen molar-refractivity contribution in [1.82, 2.24) is 25.4 Å². The van der Waals surface area contributed by atoms with Gasteiger partial charge in [0.05, 0.1) is 23.8 Å². The van der Waals surface area contributed by atoms with Crippen LogP contribution in [0.25, 0.3) is 10.9 Å². The van der Waals surface area contributed by atoms with Crippen LogP contribution in [-0.2, 0) is 17.8 Å². The Balaban J connectivity index is 1.43. The normalized spacial score (nSPS) is 10.7. The van der Waals surface area contributed by atoms with Gasteiger partial charge >= 0.3 is 0 Å². The summed E-state index contributed by atoms with van der Waals surface area (Å²) in [6.07, 6.45) is 2.25. The van der Waals surface area contributed by atoms with Crippen molar-refractivity contribution in [2.75, 3.05) is 12.9 Å². The molecule has 10 heteroatoms. The maximum absolute atomic E-state index is 13.2. The molecule has 2 aromatic carbocycles. The molecule has 0 aliphatic carbocycles. The Morgan fingerprint density at radius 3 is 2.51 bits per heavy atom. The standard InChI is InChI=1S/C25H23N5O4S/c1-34-19-11-9-17(10-12-19)23(32)29-28-22(31)16-35-25-27-21-8-3-2-7-20(21)24(33)30(25)15-13-18-6-4-5-14-26-18/h2-12,14H,13,15-16H2,1H3,(H,28,31)(H,29,32). The lowest BCUT2D eigenvalue weighted by Crippen LogP contribution is -2.42. The van der Waals surface area contributed by atoms with Crippen molar-refractivity contribution in [3.63, 3.8) is 0 Å². The van der Waals surface area contributed by atoms with Gasteiger partial charge in [0.2, 0.25) is 5.91 Å². The topological polar surface area (TPSA) is 115 Å². The van der Waals surface area contributed by atoms with E-state index in [4.69, 9.17) is 4.74 Å². The number of methoxy groups -OCH3 is 1. The van der Waals surface area contributed by atoms with Gasteiger partial charge in [-0.2, -0.15) is 0 Å². The molecule has 2 heterocycles. The Labute approximate surface area is 205 Å². The first-order chi connectivity index (χ1) is 17.0. The van der Waals surface area contributed by atoms with Crippen LogP contribution in [0, 0.1) is 0 Å². The van der Waals surface area contributed by atoms with E-state index in [9.17, 15) is 14.4 Å². The van der Waals surface area contributed by atoms with E-state index in [-0.39, 0.29) is 11.3 Å². The lowest BCUT2D eigenvalue weighted by molar-refractivity contribution is -0.119. The highest BCUT2D eigenvalue weighted by Gasteiger charge is 2.14. The molecule has 0 radical (unpaired) electrons. The molecular formula is C25H23N5O4S. The highest BCUT2D eigenvalue weighted by atomic mass is 32.2. The number of nitrogens with zero attached hydrogens (tertiary/aromatic N) is 3. The van der Waals surface area contributed by atoms with Gasteiger partial charge in [-0.25, -0.2) is 4.98 Å². The largest absolute Gasteiger partial charge is 0.497 e. The van der Waals surface area contributed by atoms with Gasteiger partial charge in [0.1, 0.15) is 5.75 Å². The first kappa shape index (κ1) is 24.0. The number of pyridine rings is 1. The van der Waals surface area contributed by atoms with Gasteiger partial charge in [0.25, 0.3) is 11.5 Å². The Bertz CT molecular complexity index is 1390. The fourth-order valence-corrected chi connectivity index (χ4v) is 4.16. The van der Waals surface area contributed by atoms with E-state index >= 15 is 0 Å². The van der Waals surface area contributed by atoms with Gasteiger partial charge in [-0.15, -0.1) is 0 Å². The van der Waals surface area contributed by atoms with Gasteiger partial charge in [-0.3, -0.25) is 34.8 Å². The van der Waals surface area contributed by atoms with Crippen LogP contribution in [0.5, 0.6) is 5.75 Å². The number of benzene rings is 2. The van der Waals surface area contributed by atoms with E-state index in [0.717, 1.165) is 17.5 Å². The third-order valence-electron chi connectivity index (χ3n) is 5.14. The number of carbonyl (C=O) groups is 2. The first-order valence-corrected chi connectivity index (χ1v) is 11.8. The fraction of sp³-hybridized carbons (Fsp3) is 0.160. The van der Waals surface area contributed by atoms with Crippen molar-refractivity contribution >= 4 is 34.5 Å². The van der Waals surface area contributed by atoms with Gasteiger partial charge in [0, 0.05) is 30.4 Å². The number of aromatic nitrogens is 3. The molecular weight excluding hydrogens is 466 g/mol. The Morgan fingerprint density at radius 2 is 1.77 bits per heavy atom. The number of carbonyl (C=O) groups excluding carboxylic acids is 2. The molecule has 2 N–H and O–H groups in total. The molecule has 0 unspecified atom stereocenters. The molecule has 0 fully saturated rings. The summed E-state index contributed by atoms with van der Waals surface area (Å²) in [5.74, 6) is -0.311. The van der Waals surface area contributed by atoms with Crippen molar-refractivity contribution in [3.8, 4) is 5.75 Å². The number of amides is 2. The van der Waals surface area contributed by atoms with Crippen LogP contribution in [0.4, 0.5) is 0 Å². The third-order valence-corrected chi connectivity index (χ3v) is 6.12. The molecule has 0 bridgehead atoms. The number of thioether (sulfide) groups is 1. The number of hydrogen-bond donors (Lipinski definition) is 2. The van der Waals surface area contributed by atoms with Crippen LogP contribution in [0.1, 0.15) is 16.1 Å². The zero-order valence-corrected chi connectivity index (χ0v) is 19.7. The molecule has 4 rings (SSSR count). The highest BCUT2D eigenvalue weighted by molar-refractivity contribution is 7.99. The summed E-state index contributed by atoms with van der Waals surface area (Å²) in [4.78, 5) is 46.7. The molecule has 178 valence electrons. The number of ether oxygens (including phenoxy) is 1. The average Bonchev–Trinajstić information content (AvgIpc) is 2.90. The number of nitrogens with one attached hydrogen (secondary N) is 2. The SMILES string of the molecule is COc1ccc(C(=O)NNC(=O)CSc2nc3ccccc3c(=O)n2CCc2ccccn2)cc1. The van der Waals surface area contributed by atoms with Crippen LogP contribution >= 0.6 is 11.8 Å². The summed E-state index contributed by atoms with van der Waals surface area (Å²) >= 11 is 1.12. The second-order valence-corrected chi connectivity index (χ2v) is 8.40. The van der Waals surface area contributed by atoms with Crippen molar-refractivity contribution in [1.29, 1.82) is 0 Å². The summed E-state index contributed by atoms with van der Waals surface area (Å²) in [5, 5.41) is 0.926. The van der Waals surface area contributed by atoms with Gasteiger partial charge in [-0.05, 0) is 48.5 Å².